The van der Waals surface area contributed by atoms with Crippen molar-refractivity contribution < 1.29 is 28.6 Å². The summed E-state index contributed by atoms with van der Waals surface area (Å²) >= 11 is 0. The smallest absolute Gasteiger partial charge is 0.270 e. The Balaban J connectivity index is 1.32. The van der Waals surface area contributed by atoms with Gasteiger partial charge < -0.3 is 34.6 Å². The number of piperidine rings is 1. The van der Waals surface area contributed by atoms with Crippen molar-refractivity contribution in [2.75, 3.05) is 55.9 Å². The lowest BCUT2D eigenvalue weighted by atomic mass is 9.88. The SMILES string of the molecule is CCOCCN1C(=O)C(C)(C)Oc2ccc(N(C(=O)C3CNC[C@@H](C(=O)NC4(COCC)CC4)C3)C3CC3)cc21. The molecule has 1 unspecified atom stereocenters. The van der Waals surface area contributed by atoms with Crippen molar-refractivity contribution in [3.8, 4) is 5.75 Å². The lowest BCUT2D eigenvalue weighted by Crippen LogP contribution is -2.53. The van der Waals surface area contributed by atoms with E-state index in [2.05, 4.69) is 10.6 Å². The second-order valence-electron chi connectivity index (χ2n) is 12.1. The molecule has 1 saturated heterocycles. The summed E-state index contributed by atoms with van der Waals surface area (Å²) in [5.74, 6) is -0.0819. The zero-order valence-corrected chi connectivity index (χ0v) is 24.3. The van der Waals surface area contributed by atoms with E-state index in [9.17, 15) is 14.4 Å². The lowest BCUT2D eigenvalue weighted by molar-refractivity contribution is -0.133. The predicted molar refractivity (Wildman–Crippen MR) is 152 cm³/mol. The zero-order valence-electron chi connectivity index (χ0n) is 24.3. The molecule has 3 amide bonds. The first-order valence-electron chi connectivity index (χ1n) is 14.8. The van der Waals surface area contributed by atoms with Gasteiger partial charge in [-0.2, -0.15) is 0 Å². The highest BCUT2D eigenvalue weighted by molar-refractivity contribution is 6.04. The molecule has 0 spiro atoms. The molecule has 10 nitrogen and oxygen atoms in total. The van der Waals surface area contributed by atoms with E-state index in [0.29, 0.717) is 63.9 Å². The summed E-state index contributed by atoms with van der Waals surface area (Å²) < 4.78 is 17.2. The van der Waals surface area contributed by atoms with Gasteiger partial charge in [0, 0.05) is 44.6 Å². The first kappa shape index (κ1) is 28.8. The molecule has 2 saturated carbocycles. The van der Waals surface area contributed by atoms with E-state index >= 15 is 0 Å². The second kappa shape index (κ2) is 11.7. The van der Waals surface area contributed by atoms with Crippen LogP contribution in [-0.4, -0.2) is 81.0 Å². The number of hydrogen-bond donors (Lipinski definition) is 2. The fourth-order valence-corrected chi connectivity index (χ4v) is 5.72. The molecule has 2 aliphatic heterocycles. The Kier molecular flexibility index (Phi) is 8.40. The average molecular weight is 557 g/mol. The molecule has 2 aliphatic carbocycles. The van der Waals surface area contributed by atoms with Gasteiger partial charge in [0.25, 0.3) is 5.91 Å². The molecule has 4 aliphatic rings. The Morgan fingerprint density at radius 1 is 1.12 bits per heavy atom. The van der Waals surface area contributed by atoms with Gasteiger partial charge in [0.1, 0.15) is 5.75 Å². The van der Waals surface area contributed by atoms with Gasteiger partial charge in [-0.1, -0.05) is 0 Å². The number of fused-ring (bicyclic) bond motifs is 1. The van der Waals surface area contributed by atoms with E-state index in [1.54, 1.807) is 18.7 Å². The van der Waals surface area contributed by atoms with Crippen molar-refractivity contribution in [1.82, 2.24) is 10.6 Å². The van der Waals surface area contributed by atoms with Gasteiger partial charge in [-0.25, -0.2) is 0 Å². The van der Waals surface area contributed by atoms with E-state index in [1.807, 2.05) is 36.9 Å². The van der Waals surface area contributed by atoms with Crippen LogP contribution in [0.1, 0.15) is 59.8 Å². The summed E-state index contributed by atoms with van der Waals surface area (Å²) in [6, 6.07) is 5.79. The molecule has 5 rings (SSSR count). The number of rotatable bonds is 12. The molecular formula is C30H44N4O6. The van der Waals surface area contributed by atoms with Crippen LogP contribution in [0.3, 0.4) is 0 Å². The van der Waals surface area contributed by atoms with E-state index in [0.717, 1.165) is 31.4 Å². The molecule has 1 aromatic carbocycles. The van der Waals surface area contributed by atoms with E-state index in [1.165, 1.54) is 0 Å². The topological polar surface area (TPSA) is 109 Å². The third kappa shape index (κ3) is 6.14. The monoisotopic (exact) mass is 556 g/mol. The van der Waals surface area contributed by atoms with Gasteiger partial charge in [-0.15, -0.1) is 0 Å². The molecule has 0 aromatic heterocycles. The molecule has 0 radical (unpaired) electrons. The fraction of sp³-hybridized carbons (Fsp3) is 0.700. The molecule has 2 N–H and O–H groups in total. The maximum absolute atomic E-state index is 14.0. The van der Waals surface area contributed by atoms with Crippen LogP contribution in [0.2, 0.25) is 0 Å². The maximum atomic E-state index is 14.0. The molecular weight excluding hydrogens is 512 g/mol. The summed E-state index contributed by atoms with van der Waals surface area (Å²) in [4.78, 5) is 44.1. The van der Waals surface area contributed by atoms with Gasteiger partial charge in [0.2, 0.25) is 11.8 Å². The summed E-state index contributed by atoms with van der Waals surface area (Å²) in [7, 11) is 0. The molecule has 0 bridgehead atoms. The number of carbonyl (C=O) groups excluding carboxylic acids is 3. The molecule has 10 heteroatoms. The van der Waals surface area contributed by atoms with Crippen molar-refractivity contribution in [2.24, 2.45) is 11.8 Å². The average Bonchev–Trinajstić information content (AvgIpc) is 3.88. The van der Waals surface area contributed by atoms with E-state index in [4.69, 9.17) is 14.2 Å². The minimum absolute atomic E-state index is 0.00262. The Hall–Kier alpha value is -2.69. The normalized spacial score (nSPS) is 24.6. The lowest BCUT2D eigenvalue weighted by Gasteiger charge is -2.39. The molecule has 2 heterocycles. The summed E-state index contributed by atoms with van der Waals surface area (Å²) in [6.07, 6.45) is 4.24. The van der Waals surface area contributed by atoms with Gasteiger partial charge in [-0.3, -0.25) is 14.4 Å². The molecule has 2 atom stereocenters. The van der Waals surface area contributed by atoms with Crippen LogP contribution >= 0.6 is 0 Å². The highest BCUT2D eigenvalue weighted by Crippen LogP contribution is 2.43. The highest BCUT2D eigenvalue weighted by Gasteiger charge is 2.47. The first-order valence-corrected chi connectivity index (χ1v) is 14.8. The number of carbonyl (C=O) groups is 3. The number of hydrogen-bond acceptors (Lipinski definition) is 7. The first-order chi connectivity index (χ1) is 19.2. The van der Waals surface area contributed by atoms with Crippen molar-refractivity contribution >= 4 is 29.1 Å². The zero-order chi connectivity index (χ0) is 28.5. The predicted octanol–water partition coefficient (Wildman–Crippen LogP) is 2.63. The Morgan fingerprint density at radius 2 is 1.85 bits per heavy atom. The quantitative estimate of drug-likeness (QED) is 0.381. The molecule has 3 fully saturated rings. The standard InChI is InChI=1S/C30H44N4O6/c1-5-38-14-13-33-24-16-23(9-10-25(24)40-29(3,4)28(33)37)34(22-7-8-22)27(36)21-15-20(17-31-18-21)26(35)32-30(11-12-30)19-39-6-2/h9-10,16,20-22,31H,5-8,11-15,17-19H2,1-4H3,(H,32,35)/t20-,21?/m0/s1. The molecule has 220 valence electrons. The van der Waals surface area contributed by atoms with Crippen molar-refractivity contribution in [3.63, 3.8) is 0 Å². The van der Waals surface area contributed by atoms with Crippen molar-refractivity contribution in [3.05, 3.63) is 18.2 Å². The minimum Gasteiger partial charge on any atom is -0.476 e. The van der Waals surface area contributed by atoms with Crippen LogP contribution < -0.4 is 25.2 Å². The van der Waals surface area contributed by atoms with Gasteiger partial charge in [0.05, 0.1) is 36.3 Å². The molecule has 40 heavy (non-hydrogen) atoms. The number of ether oxygens (including phenoxy) is 3. The number of anilines is 2. The Morgan fingerprint density at radius 3 is 2.52 bits per heavy atom. The van der Waals surface area contributed by atoms with Crippen molar-refractivity contribution in [2.45, 2.75) is 77.0 Å². The van der Waals surface area contributed by atoms with Crippen LogP contribution in [0, 0.1) is 11.8 Å². The fourth-order valence-electron chi connectivity index (χ4n) is 5.72. The number of amides is 3. The summed E-state index contributed by atoms with van der Waals surface area (Å²) in [6.45, 7) is 11.1. The molecule has 1 aromatic rings. The number of nitrogens with one attached hydrogen (secondary N) is 2. The number of nitrogens with zero attached hydrogens (tertiary/aromatic N) is 2. The third-order valence-corrected chi connectivity index (χ3v) is 8.34. The second-order valence-corrected chi connectivity index (χ2v) is 12.1. The van der Waals surface area contributed by atoms with Crippen molar-refractivity contribution in [1.29, 1.82) is 0 Å². The van der Waals surface area contributed by atoms with Crippen LogP contribution in [0.15, 0.2) is 18.2 Å². The van der Waals surface area contributed by atoms with Gasteiger partial charge >= 0.3 is 0 Å². The van der Waals surface area contributed by atoms with E-state index < -0.39 is 5.60 Å². The summed E-state index contributed by atoms with van der Waals surface area (Å²) in [5, 5.41) is 6.54. The summed E-state index contributed by atoms with van der Waals surface area (Å²) in [5.41, 5.74) is 0.180. The maximum Gasteiger partial charge on any atom is 0.270 e. The van der Waals surface area contributed by atoms with Crippen LogP contribution in [0.4, 0.5) is 11.4 Å². The van der Waals surface area contributed by atoms with Gasteiger partial charge in [-0.05, 0) is 78.0 Å². The third-order valence-electron chi connectivity index (χ3n) is 8.34. The largest absolute Gasteiger partial charge is 0.476 e. The Bertz CT molecular complexity index is 1120. The number of benzene rings is 1. The van der Waals surface area contributed by atoms with Crippen LogP contribution in [0.25, 0.3) is 0 Å². The minimum atomic E-state index is -0.988. The van der Waals surface area contributed by atoms with Crippen LogP contribution in [0.5, 0.6) is 5.75 Å². The van der Waals surface area contributed by atoms with Crippen LogP contribution in [-0.2, 0) is 23.9 Å². The van der Waals surface area contributed by atoms with Gasteiger partial charge in [0.15, 0.2) is 5.60 Å². The van der Waals surface area contributed by atoms with E-state index in [-0.39, 0.29) is 41.1 Å². The Labute approximate surface area is 237 Å². The highest BCUT2D eigenvalue weighted by atomic mass is 16.5.